The number of nitrogens with two attached hydrogens (primary N) is 1. The molecule has 21 heavy (non-hydrogen) atoms. The van der Waals surface area contributed by atoms with Gasteiger partial charge in [-0.15, -0.1) is 0 Å². The SMILES string of the molecule is CC1CCCCCN1c1cc(S(=O)(=O)N(C)C)ccc1N. The molecule has 1 fully saturated rings. The minimum absolute atomic E-state index is 0.299. The highest BCUT2D eigenvalue weighted by atomic mass is 32.2. The van der Waals surface area contributed by atoms with Gasteiger partial charge in [-0.1, -0.05) is 12.8 Å². The molecule has 1 aromatic carbocycles. The second-order valence-corrected chi connectivity index (χ2v) is 8.05. The van der Waals surface area contributed by atoms with E-state index in [9.17, 15) is 8.42 Å². The Morgan fingerprint density at radius 3 is 2.62 bits per heavy atom. The molecule has 1 atom stereocenters. The van der Waals surface area contributed by atoms with Crippen LogP contribution in [0.1, 0.15) is 32.6 Å². The summed E-state index contributed by atoms with van der Waals surface area (Å²) in [5, 5.41) is 0. The number of anilines is 2. The Morgan fingerprint density at radius 2 is 1.95 bits per heavy atom. The lowest BCUT2D eigenvalue weighted by atomic mass is 10.1. The van der Waals surface area contributed by atoms with Crippen LogP contribution in [-0.4, -0.2) is 39.4 Å². The van der Waals surface area contributed by atoms with Gasteiger partial charge in [-0.25, -0.2) is 12.7 Å². The molecule has 118 valence electrons. The number of rotatable bonds is 3. The Bertz CT molecular complexity index is 599. The Kier molecular flexibility index (Phi) is 4.78. The van der Waals surface area contributed by atoms with Crippen LogP contribution < -0.4 is 10.6 Å². The van der Waals surface area contributed by atoms with Crippen molar-refractivity contribution >= 4 is 21.4 Å². The zero-order chi connectivity index (χ0) is 15.6. The largest absolute Gasteiger partial charge is 0.397 e. The van der Waals surface area contributed by atoms with Crippen molar-refractivity contribution in [3.8, 4) is 0 Å². The summed E-state index contributed by atoms with van der Waals surface area (Å²) in [6, 6.07) is 5.37. The van der Waals surface area contributed by atoms with Gasteiger partial charge in [0, 0.05) is 26.7 Å². The van der Waals surface area contributed by atoms with E-state index in [1.807, 2.05) is 0 Å². The van der Waals surface area contributed by atoms with E-state index in [1.165, 1.54) is 17.1 Å². The normalized spacial score (nSPS) is 20.6. The molecule has 5 nitrogen and oxygen atoms in total. The predicted molar refractivity (Wildman–Crippen MR) is 87.0 cm³/mol. The number of benzene rings is 1. The molecule has 1 aromatic rings. The van der Waals surface area contributed by atoms with E-state index in [1.54, 1.807) is 32.3 Å². The summed E-state index contributed by atoms with van der Waals surface area (Å²) in [5.74, 6) is 0. The Morgan fingerprint density at radius 1 is 1.24 bits per heavy atom. The Labute approximate surface area is 127 Å². The molecule has 0 radical (unpaired) electrons. The van der Waals surface area contributed by atoms with Crippen molar-refractivity contribution in [2.75, 3.05) is 31.3 Å². The molecule has 1 aliphatic heterocycles. The highest BCUT2D eigenvalue weighted by molar-refractivity contribution is 7.89. The van der Waals surface area contributed by atoms with Crippen LogP contribution in [-0.2, 0) is 10.0 Å². The lowest BCUT2D eigenvalue weighted by Crippen LogP contribution is -2.33. The molecule has 6 heteroatoms. The molecular weight excluding hydrogens is 286 g/mol. The van der Waals surface area contributed by atoms with Crippen molar-refractivity contribution in [1.82, 2.24) is 4.31 Å². The van der Waals surface area contributed by atoms with E-state index in [0.29, 0.717) is 16.6 Å². The van der Waals surface area contributed by atoms with E-state index in [0.717, 1.165) is 25.1 Å². The topological polar surface area (TPSA) is 66.6 Å². The first-order valence-corrected chi connectivity index (χ1v) is 8.86. The summed E-state index contributed by atoms with van der Waals surface area (Å²) in [5.41, 5.74) is 7.58. The fourth-order valence-electron chi connectivity index (χ4n) is 2.78. The summed E-state index contributed by atoms with van der Waals surface area (Å²) in [4.78, 5) is 2.55. The molecule has 0 saturated carbocycles. The van der Waals surface area contributed by atoms with Gasteiger partial charge in [-0.2, -0.15) is 0 Å². The number of hydrogen-bond donors (Lipinski definition) is 1. The van der Waals surface area contributed by atoms with Gasteiger partial charge < -0.3 is 10.6 Å². The van der Waals surface area contributed by atoms with Crippen LogP contribution in [0.5, 0.6) is 0 Å². The number of nitrogen functional groups attached to an aromatic ring is 1. The van der Waals surface area contributed by atoms with Gasteiger partial charge in [0.1, 0.15) is 0 Å². The maximum atomic E-state index is 12.3. The standard InChI is InChI=1S/C15H25N3O2S/c1-12-7-5-4-6-10-18(12)15-11-13(8-9-14(15)16)21(19,20)17(2)3/h8-9,11-12H,4-7,10,16H2,1-3H3. The first kappa shape index (κ1) is 16.1. The molecule has 1 saturated heterocycles. The van der Waals surface area contributed by atoms with Crippen molar-refractivity contribution in [2.45, 2.75) is 43.5 Å². The van der Waals surface area contributed by atoms with Gasteiger partial charge in [0.2, 0.25) is 10.0 Å². The van der Waals surface area contributed by atoms with E-state index in [2.05, 4.69) is 11.8 Å². The van der Waals surface area contributed by atoms with Crippen LogP contribution in [0.4, 0.5) is 11.4 Å². The second kappa shape index (κ2) is 6.23. The van der Waals surface area contributed by atoms with E-state index in [-0.39, 0.29) is 0 Å². The van der Waals surface area contributed by atoms with Gasteiger partial charge in [0.25, 0.3) is 0 Å². The van der Waals surface area contributed by atoms with Gasteiger partial charge in [-0.3, -0.25) is 0 Å². The number of sulfonamides is 1. The van der Waals surface area contributed by atoms with Crippen molar-refractivity contribution < 1.29 is 8.42 Å². The summed E-state index contributed by atoms with van der Waals surface area (Å²) < 4.78 is 25.8. The maximum absolute atomic E-state index is 12.3. The third-order valence-corrected chi connectivity index (χ3v) is 5.95. The zero-order valence-electron chi connectivity index (χ0n) is 13.0. The molecule has 0 aliphatic carbocycles. The average molecular weight is 311 g/mol. The molecule has 0 bridgehead atoms. The van der Waals surface area contributed by atoms with Gasteiger partial charge in [0.05, 0.1) is 16.3 Å². The minimum atomic E-state index is -3.43. The maximum Gasteiger partial charge on any atom is 0.242 e. The third-order valence-electron chi connectivity index (χ3n) is 4.14. The molecule has 1 heterocycles. The lowest BCUT2D eigenvalue weighted by Gasteiger charge is -2.31. The smallest absolute Gasteiger partial charge is 0.242 e. The summed E-state index contributed by atoms with van der Waals surface area (Å²) in [7, 11) is -0.347. The molecule has 2 rings (SSSR count). The first-order valence-electron chi connectivity index (χ1n) is 7.42. The summed E-state index contributed by atoms with van der Waals surface area (Å²) in [6.45, 7) is 3.11. The van der Waals surface area contributed by atoms with Gasteiger partial charge in [-0.05, 0) is 38.0 Å². The highest BCUT2D eigenvalue weighted by Gasteiger charge is 2.23. The van der Waals surface area contributed by atoms with Crippen LogP contribution >= 0.6 is 0 Å². The fraction of sp³-hybridized carbons (Fsp3) is 0.600. The van der Waals surface area contributed by atoms with Crippen molar-refractivity contribution in [1.29, 1.82) is 0 Å². The van der Waals surface area contributed by atoms with Crippen LogP contribution in [0.15, 0.2) is 23.1 Å². The van der Waals surface area contributed by atoms with Gasteiger partial charge >= 0.3 is 0 Å². The van der Waals surface area contributed by atoms with Crippen LogP contribution in [0, 0.1) is 0 Å². The van der Waals surface area contributed by atoms with Crippen LogP contribution in [0.25, 0.3) is 0 Å². The highest BCUT2D eigenvalue weighted by Crippen LogP contribution is 2.31. The average Bonchev–Trinajstić information content (AvgIpc) is 2.63. The molecular formula is C15H25N3O2S. The number of nitrogens with zero attached hydrogens (tertiary/aromatic N) is 2. The van der Waals surface area contributed by atoms with Crippen LogP contribution in [0.2, 0.25) is 0 Å². The molecule has 0 amide bonds. The number of hydrogen-bond acceptors (Lipinski definition) is 4. The minimum Gasteiger partial charge on any atom is -0.397 e. The fourth-order valence-corrected chi connectivity index (χ4v) is 3.70. The second-order valence-electron chi connectivity index (χ2n) is 5.90. The van der Waals surface area contributed by atoms with Crippen molar-refractivity contribution in [2.24, 2.45) is 0 Å². The van der Waals surface area contributed by atoms with E-state index >= 15 is 0 Å². The molecule has 2 N–H and O–H groups in total. The van der Waals surface area contributed by atoms with E-state index < -0.39 is 10.0 Å². The van der Waals surface area contributed by atoms with Crippen LogP contribution in [0.3, 0.4) is 0 Å². The summed E-state index contributed by atoms with van der Waals surface area (Å²) >= 11 is 0. The zero-order valence-corrected chi connectivity index (χ0v) is 13.9. The van der Waals surface area contributed by atoms with Crippen molar-refractivity contribution in [3.05, 3.63) is 18.2 Å². The third kappa shape index (κ3) is 3.32. The van der Waals surface area contributed by atoms with E-state index in [4.69, 9.17) is 5.73 Å². The lowest BCUT2D eigenvalue weighted by molar-refractivity contribution is 0.520. The molecule has 1 unspecified atom stereocenters. The molecule has 0 spiro atoms. The quantitative estimate of drug-likeness (QED) is 0.870. The predicted octanol–water partition coefficient (Wildman–Crippen LogP) is 2.29. The summed E-state index contributed by atoms with van der Waals surface area (Å²) in [6.07, 6.45) is 4.67. The first-order chi connectivity index (χ1) is 9.84. The monoisotopic (exact) mass is 311 g/mol. The van der Waals surface area contributed by atoms with Gasteiger partial charge in [0.15, 0.2) is 0 Å². The molecule has 1 aliphatic rings. The Balaban J connectivity index is 2.44. The molecule has 0 aromatic heterocycles. The van der Waals surface area contributed by atoms with Crippen molar-refractivity contribution in [3.63, 3.8) is 0 Å². The Hall–Kier alpha value is -1.27.